The topological polar surface area (TPSA) is 68.0 Å². The largest absolute Gasteiger partial charge is 0.497 e. The third-order valence-corrected chi connectivity index (χ3v) is 4.95. The molecule has 3 aromatic carbocycles. The molecule has 0 unspecified atom stereocenters. The van der Waals surface area contributed by atoms with Gasteiger partial charge in [-0.1, -0.05) is 53.8 Å². The standard InChI is InChI=1S/C20H15N3O2S/c1-25-15-11-9-14(10-12-15)23-20(21)26-19(22-23)18(24)17-8-4-6-13-5-2-3-7-16(13)17/h2-12,21H,1H3. The zero-order chi connectivity index (χ0) is 18.1. The van der Waals surface area contributed by atoms with E-state index >= 15 is 0 Å². The van der Waals surface area contributed by atoms with Crippen molar-refractivity contribution in [3.63, 3.8) is 0 Å². The van der Waals surface area contributed by atoms with Crippen LogP contribution in [0.4, 0.5) is 0 Å². The summed E-state index contributed by atoms with van der Waals surface area (Å²) in [4.78, 5) is 13.2. The molecule has 6 heteroatoms. The van der Waals surface area contributed by atoms with E-state index in [2.05, 4.69) is 5.10 Å². The number of hydrogen-bond donors (Lipinski definition) is 1. The van der Waals surface area contributed by atoms with Gasteiger partial charge in [-0.05, 0) is 35.0 Å². The highest BCUT2D eigenvalue weighted by atomic mass is 32.1. The van der Waals surface area contributed by atoms with Crippen LogP contribution in [0.25, 0.3) is 16.5 Å². The molecule has 0 bridgehead atoms. The summed E-state index contributed by atoms with van der Waals surface area (Å²) in [6, 6.07) is 20.6. The monoisotopic (exact) mass is 361 g/mol. The highest BCUT2D eigenvalue weighted by Gasteiger charge is 2.18. The molecule has 0 saturated heterocycles. The first-order chi connectivity index (χ1) is 12.7. The average Bonchev–Trinajstić information content (AvgIpc) is 3.08. The van der Waals surface area contributed by atoms with E-state index in [4.69, 9.17) is 10.1 Å². The van der Waals surface area contributed by atoms with E-state index in [-0.39, 0.29) is 10.6 Å². The minimum Gasteiger partial charge on any atom is -0.497 e. The summed E-state index contributed by atoms with van der Waals surface area (Å²) >= 11 is 1.07. The van der Waals surface area contributed by atoms with Crippen molar-refractivity contribution >= 4 is 27.9 Å². The van der Waals surface area contributed by atoms with Crippen molar-refractivity contribution in [2.75, 3.05) is 7.11 Å². The van der Waals surface area contributed by atoms with Crippen molar-refractivity contribution in [2.24, 2.45) is 0 Å². The predicted octanol–water partition coefficient (Wildman–Crippen LogP) is 3.81. The number of ketones is 1. The SMILES string of the molecule is COc1ccc(-n2nc(C(=O)c3cccc4ccccc34)sc2=N)cc1. The lowest BCUT2D eigenvalue weighted by atomic mass is 10.0. The maximum Gasteiger partial charge on any atom is 0.224 e. The fourth-order valence-electron chi connectivity index (χ4n) is 2.82. The number of benzene rings is 3. The van der Waals surface area contributed by atoms with Gasteiger partial charge in [0.25, 0.3) is 0 Å². The lowest BCUT2D eigenvalue weighted by Crippen LogP contribution is -2.12. The molecule has 4 rings (SSSR count). The molecule has 0 fully saturated rings. The molecule has 0 aliphatic heterocycles. The summed E-state index contributed by atoms with van der Waals surface area (Å²) in [5, 5.41) is 14.7. The third kappa shape index (κ3) is 2.80. The van der Waals surface area contributed by atoms with Gasteiger partial charge in [-0.2, -0.15) is 5.10 Å². The van der Waals surface area contributed by atoms with E-state index in [1.807, 2.05) is 48.5 Å². The molecule has 0 radical (unpaired) electrons. The number of rotatable bonds is 4. The molecule has 0 aliphatic rings. The van der Waals surface area contributed by atoms with Gasteiger partial charge >= 0.3 is 0 Å². The van der Waals surface area contributed by atoms with E-state index in [1.165, 1.54) is 4.68 Å². The number of carbonyl (C=O) groups excluding carboxylic acids is 1. The van der Waals surface area contributed by atoms with Crippen LogP contribution in [0.3, 0.4) is 0 Å². The quantitative estimate of drug-likeness (QED) is 0.562. The maximum atomic E-state index is 13.0. The Kier molecular flexibility index (Phi) is 4.10. The molecule has 0 atom stereocenters. The number of hydrogen-bond acceptors (Lipinski definition) is 5. The normalized spacial score (nSPS) is 10.8. The Morgan fingerprint density at radius 3 is 2.54 bits per heavy atom. The molecule has 5 nitrogen and oxygen atoms in total. The van der Waals surface area contributed by atoms with Crippen molar-refractivity contribution in [1.82, 2.24) is 9.78 Å². The highest BCUT2D eigenvalue weighted by Crippen LogP contribution is 2.22. The molecule has 26 heavy (non-hydrogen) atoms. The van der Waals surface area contributed by atoms with Gasteiger partial charge in [0.05, 0.1) is 12.8 Å². The molecule has 1 heterocycles. The molecule has 0 spiro atoms. The Bertz CT molecular complexity index is 1150. The molecular formula is C20H15N3O2S. The highest BCUT2D eigenvalue weighted by molar-refractivity contribution is 7.11. The van der Waals surface area contributed by atoms with Gasteiger partial charge in [0.1, 0.15) is 5.75 Å². The number of methoxy groups -OCH3 is 1. The number of fused-ring (bicyclic) bond motifs is 1. The second-order valence-electron chi connectivity index (χ2n) is 5.68. The average molecular weight is 361 g/mol. The molecular weight excluding hydrogens is 346 g/mol. The van der Waals surface area contributed by atoms with Gasteiger partial charge in [-0.3, -0.25) is 10.2 Å². The Balaban J connectivity index is 1.76. The van der Waals surface area contributed by atoms with Gasteiger partial charge < -0.3 is 4.74 Å². The molecule has 1 aromatic heterocycles. The summed E-state index contributed by atoms with van der Waals surface area (Å²) in [6.07, 6.45) is 0. The molecule has 4 aromatic rings. The van der Waals surface area contributed by atoms with Crippen molar-refractivity contribution in [3.8, 4) is 11.4 Å². The van der Waals surface area contributed by atoms with Gasteiger partial charge in [0.2, 0.25) is 10.6 Å². The summed E-state index contributed by atoms with van der Waals surface area (Å²) in [5.41, 5.74) is 1.31. The molecule has 0 aliphatic carbocycles. The second-order valence-corrected chi connectivity index (χ2v) is 6.66. The third-order valence-electron chi connectivity index (χ3n) is 4.12. The van der Waals surface area contributed by atoms with Gasteiger partial charge in [-0.25, -0.2) is 4.68 Å². The first-order valence-corrected chi connectivity index (χ1v) is 8.80. The Morgan fingerprint density at radius 1 is 1.04 bits per heavy atom. The fraction of sp³-hybridized carbons (Fsp3) is 0.0500. The number of carbonyl (C=O) groups is 1. The van der Waals surface area contributed by atoms with Crippen LogP contribution in [0.5, 0.6) is 5.75 Å². The van der Waals surface area contributed by atoms with Crippen LogP contribution in [0.15, 0.2) is 66.7 Å². The van der Waals surface area contributed by atoms with Gasteiger partial charge in [0.15, 0.2) is 5.01 Å². The maximum absolute atomic E-state index is 13.0. The van der Waals surface area contributed by atoms with Crippen molar-refractivity contribution in [2.45, 2.75) is 0 Å². The first kappa shape index (κ1) is 16.2. The van der Waals surface area contributed by atoms with Crippen LogP contribution in [0, 0.1) is 5.41 Å². The van der Waals surface area contributed by atoms with Crippen molar-refractivity contribution < 1.29 is 9.53 Å². The summed E-state index contributed by atoms with van der Waals surface area (Å²) < 4.78 is 6.61. The van der Waals surface area contributed by atoms with Crippen molar-refractivity contribution in [3.05, 3.63) is 82.1 Å². The number of aromatic nitrogens is 2. The smallest absolute Gasteiger partial charge is 0.224 e. The van der Waals surface area contributed by atoms with E-state index in [1.54, 1.807) is 25.3 Å². The summed E-state index contributed by atoms with van der Waals surface area (Å²) in [7, 11) is 1.60. The van der Waals surface area contributed by atoms with Crippen LogP contribution >= 0.6 is 11.3 Å². The lowest BCUT2D eigenvalue weighted by molar-refractivity contribution is 0.103. The Labute approximate surface area is 153 Å². The van der Waals surface area contributed by atoms with Crippen LogP contribution in [-0.4, -0.2) is 22.7 Å². The van der Waals surface area contributed by atoms with E-state index in [0.717, 1.165) is 27.9 Å². The Hall–Kier alpha value is -3.25. The molecule has 1 N–H and O–H groups in total. The van der Waals surface area contributed by atoms with Gasteiger partial charge in [0, 0.05) is 5.56 Å². The number of nitrogens with one attached hydrogen (secondary N) is 1. The van der Waals surface area contributed by atoms with Crippen LogP contribution in [0.2, 0.25) is 0 Å². The molecule has 0 amide bonds. The number of ether oxygens (including phenoxy) is 1. The van der Waals surface area contributed by atoms with E-state index in [9.17, 15) is 4.79 Å². The van der Waals surface area contributed by atoms with E-state index < -0.39 is 0 Å². The lowest BCUT2D eigenvalue weighted by Gasteiger charge is -2.04. The summed E-state index contributed by atoms with van der Waals surface area (Å²) in [6.45, 7) is 0. The Morgan fingerprint density at radius 2 is 1.77 bits per heavy atom. The summed E-state index contributed by atoms with van der Waals surface area (Å²) in [5.74, 6) is 0.552. The van der Waals surface area contributed by atoms with Crippen LogP contribution in [-0.2, 0) is 0 Å². The second kappa shape index (κ2) is 6.57. The minimum absolute atomic E-state index is 0.174. The first-order valence-electron chi connectivity index (χ1n) is 7.99. The van der Waals surface area contributed by atoms with Gasteiger partial charge in [-0.15, -0.1) is 0 Å². The predicted molar refractivity (Wildman–Crippen MR) is 101 cm³/mol. The van der Waals surface area contributed by atoms with Crippen molar-refractivity contribution in [1.29, 1.82) is 5.41 Å². The molecule has 128 valence electrons. The number of nitrogens with zero attached hydrogens (tertiary/aromatic N) is 2. The zero-order valence-electron chi connectivity index (χ0n) is 14.0. The molecule has 0 saturated carbocycles. The van der Waals surface area contributed by atoms with Crippen LogP contribution in [0.1, 0.15) is 15.4 Å². The zero-order valence-corrected chi connectivity index (χ0v) is 14.8. The van der Waals surface area contributed by atoms with Crippen LogP contribution < -0.4 is 9.54 Å². The van der Waals surface area contributed by atoms with E-state index in [0.29, 0.717) is 16.3 Å². The minimum atomic E-state index is -0.174. The fourth-order valence-corrected chi connectivity index (χ4v) is 3.56.